The standard InChI is InChI=1S/C48H57N6O6P3/c49-37-19-16-25-40-22-10-13-34-46(40)56-54-62(58-45-32-8-3-9-33-45)53(55-43-28-4-1-5-29-43)61(57-44-30-6-2-7-31-44)52-63(54,59-47-35-14-11-23-41(47)26-17-20-38-50)60-48-36-15-12-24-42(48)27-18-21-39-51/h1-15,22-24,28-36H,16-21,25-27,37-39,49-51H2. The van der Waals surface area contributed by atoms with E-state index in [0.717, 1.165) is 74.5 Å². The van der Waals surface area contributed by atoms with Crippen LogP contribution in [0.1, 0.15) is 55.2 Å². The molecule has 12 nitrogen and oxygen atoms in total. The highest BCUT2D eigenvalue weighted by molar-refractivity contribution is 7.78. The SMILES string of the molecule is NCCCCc1ccccc1ON1P(Oc2ccccc2)N(Oc2ccccc2)P(Oc2ccccc2)N=P1(Oc1ccccc1CCCCN)Oc1ccccc1CCCCN. The third kappa shape index (κ3) is 12.8. The number of rotatable bonds is 24. The second-order valence-electron chi connectivity index (χ2n) is 14.6. The summed E-state index contributed by atoms with van der Waals surface area (Å²) in [6.07, 6.45) is 7.37. The van der Waals surface area contributed by atoms with Crippen molar-refractivity contribution in [3.05, 3.63) is 180 Å². The predicted molar refractivity (Wildman–Crippen MR) is 255 cm³/mol. The van der Waals surface area contributed by atoms with Crippen LogP contribution in [0.15, 0.2) is 168 Å². The van der Waals surface area contributed by atoms with E-state index in [2.05, 4.69) is 18.2 Å². The van der Waals surface area contributed by atoms with Gasteiger partial charge in [-0.15, -0.1) is 4.52 Å². The van der Waals surface area contributed by atoms with Gasteiger partial charge < -0.3 is 45.0 Å². The maximum absolute atomic E-state index is 7.49. The highest BCUT2D eigenvalue weighted by atomic mass is 31.3. The Balaban J connectivity index is 1.50. The van der Waals surface area contributed by atoms with Crippen LogP contribution in [0.5, 0.6) is 34.5 Å². The van der Waals surface area contributed by atoms with Gasteiger partial charge in [0.05, 0.1) is 0 Å². The molecule has 0 aliphatic carbocycles. The van der Waals surface area contributed by atoms with Crippen molar-refractivity contribution in [1.82, 2.24) is 9.21 Å². The summed E-state index contributed by atoms with van der Waals surface area (Å²) in [6.45, 7) is 1.77. The lowest BCUT2D eigenvalue weighted by atomic mass is 10.1. The van der Waals surface area contributed by atoms with Gasteiger partial charge in [-0.05, 0) is 149 Å². The summed E-state index contributed by atoms with van der Waals surface area (Å²) >= 11 is 0. The molecule has 0 spiro atoms. The van der Waals surface area contributed by atoms with Gasteiger partial charge in [0.2, 0.25) is 0 Å². The molecule has 0 aromatic heterocycles. The van der Waals surface area contributed by atoms with E-state index in [1.807, 2.05) is 146 Å². The molecule has 63 heavy (non-hydrogen) atoms. The molecule has 6 aromatic rings. The molecule has 7 rings (SSSR count). The smallest absolute Gasteiger partial charge is 0.440 e. The van der Waals surface area contributed by atoms with Crippen LogP contribution in [-0.2, 0) is 19.3 Å². The van der Waals surface area contributed by atoms with E-state index in [0.29, 0.717) is 54.1 Å². The zero-order chi connectivity index (χ0) is 43.5. The van der Waals surface area contributed by atoms with Crippen LogP contribution >= 0.6 is 24.6 Å². The van der Waals surface area contributed by atoms with E-state index >= 15 is 0 Å². The molecule has 2 unspecified atom stereocenters. The molecule has 0 saturated carbocycles. The van der Waals surface area contributed by atoms with E-state index in [9.17, 15) is 0 Å². The van der Waals surface area contributed by atoms with Gasteiger partial charge >= 0.3 is 24.6 Å². The molecule has 0 radical (unpaired) electrons. The van der Waals surface area contributed by atoms with Gasteiger partial charge in [0.1, 0.15) is 28.7 Å². The van der Waals surface area contributed by atoms with Crippen LogP contribution < -0.4 is 45.0 Å². The number of unbranched alkanes of at least 4 members (excludes halogenated alkanes) is 3. The molecule has 0 saturated heterocycles. The fourth-order valence-electron chi connectivity index (χ4n) is 6.65. The normalized spacial score (nSPS) is 16.1. The van der Waals surface area contributed by atoms with Crippen LogP contribution in [-0.4, -0.2) is 28.8 Å². The highest BCUT2D eigenvalue weighted by Gasteiger charge is 2.58. The van der Waals surface area contributed by atoms with Crippen molar-refractivity contribution in [3.63, 3.8) is 0 Å². The number of aryl methyl sites for hydroxylation is 3. The Labute approximate surface area is 374 Å². The van der Waals surface area contributed by atoms with Gasteiger partial charge in [-0.25, -0.2) is 0 Å². The molecular formula is C48H57N6O6P3. The number of benzene rings is 6. The van der Waals surface area contributed by atoms with Crippen LogP contribution in [0, 0.1) is 0 Å². The molecule has 0 fully saturated rings. The lowest BCUT2D eigenvalue weighted by Gasteiger charge is -2.44. The van der Waals surface area contributed by atoms with Crippen molar-refractivity contribution in [1.29, 1.82) is 0 Å². The van der Waals surface area contributed by atoms with Gasteiger partial charge in [-0.1, -0.05) is 109 Å². The highest BCUT2D eigenvalue weighted by Crippen LogP contribution is 2.78. The maximum Gasteiger partial charge on any atom is 0.447 e. The van der Waals surface area contributed by atoms with Crippen molar-refractivity contribution in [2.45, 2.75) is 57.8 Å². The summed E-state index contributed by atoms with van der Waals surface area (Å²) in [4.78, 5) is 14.2. The first kappa shape index (κ1) is 46.0. The minimum absolute atomic E-state index is 0.548. The van der Waals surface area contributed by atoms with Gasteiger partial charge in [-0.2, -0.15) is 0 Å². The molecule has 330 valence electrons. The molecule has 2 atom stereocenters. The first-order valence-electron chi connectivity index (χ1n) is 21.5. The van der Waals surface area contributed by atoms with Crippen LogP contribution in [0.4, 0.5) is 0 Å². The van der Waals surface area contributed by atoms with Crippen LogP contribution in [0.3, 0.4) is 0 Å². The average molecular weight is 907 g/mol. The van der Waals surface area contributed by atoms with Crippen molar-refractivity contribution in [2.24, 2.45) is 21.7 Å². The summed E-state index contributed by atoms with van der Waals surface area (Å²) in [6, 6.07) is 52.6. The van der Waals surface area contributed by atoms with E-state index in [1.165, 1.54) is 0 Å². The summed E-state index contributed by atoms with van der Waals surface area (Å²) < 4.78 is 38.0. The Morgan fingerprint density at radius 2 is 0.825 bits per heavy atom. The fourth-order valence-corrected chi connectivity index (χ4v) is 14.2. The zero-order valence-corrected chi connectivity index (χ0v) is 38.1. The number of nitrogens with two attached hydrogens (primary N) is 3. The van der Waals surface area contributed by atoms with Gasteiger partial charge in [0.15, 0.2) is 5.75 Å². The maximum atomic E-state index is 7.49. The third-order valence-electron chi connectivity index (χ3n) is 9.87. The van der Waals surface area contributed by atoms with Crippen LogP contribution in [0.2, 0.25) is 0 Å². The van der Waals surface area contributed by atoms with E-state index in [-0.39, 0.29) is 0 Å². The lowest BCUT2D eigenvalue weighted by Crippen LogP contribution is -2.37. The lowest BCUT2D eigenvalue weighted by molar-refractivity contribution is 0.0538. The Morgan fingerprint density at radius 3 is 1.30 bits per heavy atom. The fraction of sp³-hybridized carbons (Fsp3) is 0.250. The Morgan fingerprint density at radius 1 is 0.429 bits per heavy atom. The van der Waals surface area contributed by atoms with Crippen molar-refractivity contribution in [3.8, 4) is 34.5 Å². The number of nitrogens with zero attached hydrogens (tertiary/aromatic N) is 3. The summed E-state index contributed by atoms with van der Waals surface area (Å²) in [5.41, 5.74) is 20.9. The summed E-state index contributed by atoms with van der Waals surface area (Å²) in [5, 5.41) is 0. The van der Waals surface area contributed by atoms with Gasteiger partial charge in [0, 0.05) is 9.21 Å². The van der Waals surface area contributed by atoms with Gasteiger partial charge in [-0.3, -0.25) is 0 Å². The van der Waals surface area contributed by atoms with Gasteiger partial charge in [0.25, 0.3) is 0 Å². The number of para-hydroxylation sites is 6. The van der Waals surface area contributed by atoms with Crippen molar-refractivity contribution >= 4 is 24.6 Å². The Kier molecular flexibility index (Phi) is 17.7. The zero-order valence-electron chi connectivity index (χ0n) is 35.4. The molecule has 6 aromatic carbocycles. The van der Waals surface area contributed by atoms with E-state index in [4.69, 9.17) is 49.5 Å². The molecule has 0 bridgehead atoms. The molecule has 1 aliphatic heterocycles. The molecule has 1 heterocycles. The molecular weight excluding hydrogens is 849 g/mol. The first-order chi connectivity index (χ1) is 31.1. The molecule has 0 amide bonds. The Hall–Kier alpha value is -4.99. The number of hydrogen-bond acceptors (Lipinski definition) is 12. The summed E-state index contributed by atoms with van der Waals surface area (Å²) in [7, 11) is -8.35. The van der Waals surface area contributed by atoms with Crippen molar-refractivity contribution < 1.29 is 27.8 Å². The topological polar surface area (TPSA) is 152 Å². The minimum Gasteiger partial charge on any atom is -0.440 e. The molecule has 1 aliphatic rings. The second kappa shape index (κ2) is 24.2. The average Bonchev–Trinajstić information content (AvgIpc) is 3.31. The summed E-state index contributed by atoms with van der Waals surface area (Å²) in [5.74, 6) is 3.47. The largest absolute Gasteiger partial charge is 0.447 e. The molecule has 6 N–H and O–H groups in total. The Bertz CT molecular complexity index is 2280. The quantitative estimate of drug-likeness (QED) is 0.0393. The molecule has 15 heteroatoms. The van der Waals surface area contributed by atoms with E-state index < -0.39 is 24.6 Å². The number of hydrogen-bond donors (Lipinski definition) is 3. The van der Waals surface area contributed by atoms with Crippen LogP contribution in [0.25, 0.3) is 0 Å². The minimum atomic E-state index is -3.97. The van der Waals surface area contributed by atoms with E-state index in [1.54, 1.807) is 9.21 Å². The van der Waals surface area contributed by atoms with Crippen molar-refractivity contribution in [2.75, 3.05) is 19.6 Å². The second-order valence-corrected chi connectivity index (χ2v) is 20.2. The first-order valence-corrected chi connectivity index (χ1v) is 25.4. The monoisotopic (exact) mass is 906 g/mol. The predicted octanol–water partition coefficient (Wildman–Crippen LogP) is 12.2. The third-order valence-corrected chi connectivity index (χ3v) is 16.7.